The van der Waals surface area contributed by atoms with Crippen molar-refractivity contribution in [3.8, 4) is 0 Å². The van der Waals surface area contributed by atoms with Gasteiger partial charge in [-0.15, -0.1) is 0 Å². The number of aliphatic hydroxyl groups excluding tert-OH is 1. The van der Waals surface area contributed by atoms with Gasteiger partial charge in [-0.2, -0.15) is 0 Å². The highest BCUT2D eigenvalue weighted by atomic mass is 16.3. The Morgan fingerprint density at radius 1 is 1.00 bits per heavy atom. The topological polar surface area (TPSA) is 32.3 Å². The predicted molar refractivity (Wildman–Crippen MR) is 88.5 cm³/mol. The Bertz CT molecular complexity index is 565. The molecule has 0 aromatic heterocycles. The van der Waals surface area contributed by atoms with Crippen molar-refractivity contribution in [2.75, 3.05) is 6.61 Å². The Kier molecular flexibility index (Phi) is 5.54. The fourth-order valence-electron chi connectivity index (χ4n) is 2.56. The van der Waals surface area contributed by atoms with Gasteiger partial charge in [0.05, 0.1) is 6.61 Å². The largest absolute Gasteiger partial charge is 0.395 e. The van der Waals surface area contributed by atoms with Crippen LogP contribution in [0, 0.1) is 13.8 Å². The molecular weight excluding hydrogens is 258 g/mol. The average molecular weight is 283 g/mol. The molecule has 2 rings (SSSR count). The summed E-state index contributed by atoms with van der Waals surface area (Å²) in [5.74, 6) is 0. The van der Waals surface area contributed by atoms with Gasteiger partial charge in [0.2, 0.25) is 0 Å². The molecule has 112 valence electrons. The van der Waals surface area contributed by atoms with Gasteiger partial charge in [-0.3, -0.25) is 0 Å². The standard InChI is InChI=1S/C19H25NO/c1-14-9-10-18(11-15(14)2)16(3)20-19(13-21)12-17-7-5-4-6-8-17/h4-11,16,19-21H,12-13H2,1-3H3. The molecule has 2 atom stereocenters. The van der Waals surface area contributed by atoms with Crippen molar-refractivity contribution in [2.45, 2.75) is 39.3 Å². The minimum Gasteiger partial charge on any atom is -0.395 e. The third-order valence-corrected chi connectivity index (χ3v) is 4.06. The lowest BCUT2D eigenvalue weighted by molar-refractivity contribution is 0.232. The maximum absolute atomic E-state index is 9.62. The molecule has 2 unspecified atom stereocenters. The molecule has 2 aromatic carbocycles. The maximum atomic E-state index is 9.62. The lowest BCUT2D eigenvalue weighted by Gasteiger charge is -2.23. The lowest BCUT2D eigenvalue weighted by atomic mass is 10.00. The molecule has 2 heteroatoms. The number of hydrogen-bond donors (Lipinski definition) is 2. The second-order valence-electron chi connectivity index (χ2n) is 5.80. The molecule has 0 spiro atoms. The second-order valence-corrected chi connectivity index (χ2v) is 5.80. The van der Waals surface area contributed by atoms with Crippen LogP contribution in [0.4, 0.5) is 0 Å². The fourth-order valence-corrected chi connectivity index (χ4v) is 2.56. The highest BCUT2D eigenvalue weighted by molar-refractivity contribution is 5.31. The number of aliphatic hydroxyl groups is 1. The van der Waals surface area contributed by atoms with Gasteiger partial charge in [0, 0.05) is 12.1 Å². The Balaban J connectivity index is 2.02. The van der Waals surface area contributed by atoms with E-state index in [1.54, 1.807) is 0 Å². The smallest absolute Gasteiger partial charge is 0.0588 e. The molecule has 0 aliphatic carbocycles. The first-order chi connectivity index (χ1) is 10.1. The van der Waals surface area contributed by atoms with Crippen molar-refractivity contribution in [2.24, 2.45) is 0 Å². The molecule has 0 aliphatic heterocycles. The highest BCUT2D eigenvalue weighted by Crippen LogP contribution is 2.18. The highest BCUT2D eigenvalue weighted by Gasteiger charge is 2.13. The lowest BCUT2D eigenvalue weighted by Crippen LogP contribution is -2.36. The van der Waals surface area contributed by atoms with E-state index in [1.165, 1.54) is 22.3 Å². The van der Waals surface area contributed by atoms with E-state index in [0.717, 1.165) is 6.42 Å². The summed E-state index contributed by atoms with van der Waals surface area (Å²) in [7, 11) is 0. The van der Waals surface area contributed by atoms with Gasteiger partial charge in [-0.1, -0.05) is 48.5 Å². The van der Waals surface area contributed by atoms with Crippen molar-refractivity contribution in [3.05, 3.63) is 70.8 Å². The second kappa shape index (κ2) is 7.39. The van der Waals surface area contributed by atoms with E-state index in [2.05, 4.69) is 56.4 Å². The number of aryl methyl sites for hydroxylation is 2. The van der Waals surface area contributed by atoms with Crippen LogP contribution in [0.15, 0.2) is 48.5 Å². The van der Waals surface area contributed by atoms with Crippen LogP contribution in [0.3, 0.4) is 0 Å². The van der Waals surface area contributed by atoms with Gasteiger partial charge in [0.1, 0.15) is 0 Å². The van der Waals surface area contributed by atoms with Crippen LogP contribution in [-0.4, -0.2) is 17.8 Å². The summed E-state index contributed by atoms with van der Waals surface area (Å²) < 4.78 is 0. The molecule has 0 bridgehead atoms. The van der Waals surface area contributed by atoms with Gasteiger partial charge in [0.15, 0.2) is 0 Å². The zero-order chi connectivity index (χ0) is 15.2. The molecular formula is C19H25NO. The van der Waals surface area contributed by atoms with E-state index < -0.39 is 0 Å². The molecule has 0 aliphatic rings. The number of hydrogen-bond acceptors (Lipinski definition) is 2. The van der Waals surface area contributed by atoms with Crippen molar-refractivity contribution in [3.63, 3.8) is 0 Å². The predicted octanol–water partition coefficient (Wildman–Crippen LogP) is 3.56. The summed E-state index contributed by atoms with van der Waals surface area (Å²) in [5, 5.41) is 13.1. The Morgan fingerprint density at radius 2 is 1.71 bits per heavy atom. The SMILES string of the molecule is Cc1ccc(C(C)NC(CO)Cc2ccccc2)cc1C. The number of benzene rings is 2. The van der Waals surface area contributed by atoms with Crippen LogP contribution in [0.1, 0.15) is 35.2 Å². The summed E-state index contributed by atoms with van der Waals surface area (Å²) in [5.41, 5.74) is 5.14. The molecule has 0 radical (unpaired) electrons. The monoisotopic (exact) mass is 283 g/mol. The molecule has 0 saturated heterocycles. The molecule has 21 heavy (non-hydrogen) atoms. The molecule has 0 heterocycles. The van der Waals surface area contributed by atoms with Crippen LogP contribution in [0.5, 0.6) is 0 Å². The number of rotatable bonds is 6. The first-order valence-electron chi connectivity index (χ1n) is 7.58. The van der Waals surface area contributed by atoms with E-state index >= 15 is 0 Å². The molecule has 2 N–H and O–H groups in total. The molecule has 0 amide bonds. The van der Waals surface area contributed by atoms with Gasteiger partial charge in [-0.05, 0) is 49.4 Å². The van der Waals surface area contributed by atoms with Crippen LogP contribution < -0.4 is 5.32 Å². The summed E-state index contributed by atoms with van der Waals surface area (Å²) in [4.78, 5) is 0. The van der Waals surface area contributed by atoms with E-state index in [9.17, 15) is 5.11 Å². The van der Waals surface area contributed by atoms with Crippen LogP contribution >= 0.6 is 0 Å². The zero-order valence-corrected chi connectivity index (χ0v) is 13.1. The molecule has 0 saturated carbocycles. The first-order valence-corrected chi connectivity index (χ1v) is 7.58. The summed E-state index contributed by atoms with van der Waals surface area (Å²) in [6, 6.07) is 17.1. The fraction of sp³-hybridized carbons (Fsp3) is 0.368. The normalized spacial score (nSPS) is 13.9. The van der Waals surface area contributed by atoms with Gasteiger partial charge in [-0.25, -0.2) is 0 Å². The molecule has 2 aromatic rings. The van der Waals surface area contributed by atoms with Crippen LogP contribution in [0.2, 0.25) is 0 Å². The van der Waals surface area contributed by atoms with E-state index in [1.807, 2.05) is 18.2 Å². The number of nitrogens with one attached hydrogen (secondary N) is 1. The van der Waals surface area contributed by atoms with Gasteiger partial charge >= 0.3 is 0 Å². The Labute approximate surface area is 127 Å². The summed E-state index contributed by atoms with van der Waals surface area (Å²) in [6.07, 6.45) is 0.840. The minimum absolute atomic E-state index is 0.0732. The van der Waals surface area contributed by atoms with Crippen LogP contribution in [-0.2, 0) is 6.42 Å². The van der Waals surface area contributed by atoms with Crippen molar-refractivity contribution >= 4 is 0 Å². The van der Waals surface area contributed by atoms with E-state index in [4.69, 9.17) is 0 Å². The Morgan fingerprint density at radius 3 is 2.33 bits per heavy atom. The van der Waals surface area contributed by atoms with Crippen LogP contribution in [0.25, 0.3) is 0 Å². The third-order valence-electron chi connectivity index (χ3n) is 4.06. The quantitative estimate of drug-likeness (QED) is 0.849. The zero-order valence-electron chi connectivity index (χ0n) is 13.1. The van der Waals surface area contributed by atoms with Gasteiger partial charge in [0.25, 0.3) is 0 Å². The van der Waals surface area contributed by atoms with Gasteiger partial charge < -0.3 is 10.4 Å². The average Bonchev–Trinajstić information content (AvgIpc) is 2.50. The van der Waals surface area contributed by atoms with E-state index in [0.29, 0.717) is 0 Å². The van der Waals surface area contributed by atoms with Crippen molar-refractivity contribution < 1.29 is 5.11 Å². The van der Waals surface area contributed by atoms with Crippen molar-refractivity contribution in [1.82, 2.24) is 5.32 Å². The summed E-state index contributed by atoms with van der Waals surface area (Å²) in [6.45, 7) is 6.56. The molecule has 2 nitrogen and oxygen atoms in total. The first kappa shape index (κ1) is 15.7. The third kappa shape index (κ3) is 4.42. The molecule has 0 fully saturated rings. The minimum atomic E-state index is 0.0732. The van der Waals surface area contributed by atoms with E-state index in [-0.39, 0.29) is 18.7 Å². The Hall–Kier alpha value is -1.64. The summed E-state index contributed by atoms with van der Waals surface area (Å²) >= 11 is 0. The maximum Gasteiger partial charge on any atom is 0.0588 e. The van der Waals surface area contributed by atoms with Crippen molar-refractivity contribution in [1.29, 1.82) is 0 Å².